The van der Waals surface area contributed by atoms with Crippen LogP contribution in [0.15, 0.2) is 47.2 Å². The van der Waals surface area contributed by atoms with Gasteiger partial charge in [-0.15, -0.1) is 0 Å². The van der Waals surface area contributed by atoms with Gasteiger partial charge >= 0.3 is 0 Å². The predicted molar refractivity (Wildman–Crippen MR) is 138 cm³/mol. The molecule has 1 aromatic carbocycles. The second kappa shape index (κ2) is 9.98. The molecule has 1 unspecified atom stereocenters. The van der Waals surface area contributed by atoms with E-state index in [9.17, 15) is 4.79 Å². The fraction of sp³-hybridized carbons (Fsp3) is 0.217. The summed E-state index contributed by atoms with van der Waals surface area (Å²) in [6.07, 6.45) is 3.48. The highest BCUT2D eigenvalue weighted by Crippen LogP contribution is 2.33. The molecule has 4 heterocycles. The molecule has 0 spiro atoms. The summed E-state index contributed by atoms with van der Waals surface area (Å²) in [5, 5.41) is 6.70. The number of aromatic nitrogens is 4. The fourth-order valence-electron chi connectivity index (χ4n) is 3.60. The Bertz CT molecular complexity index is 1390. The van der Waals surface area contributed by atoms with Gasteiger partial charge in [0.2, 0.25) is 11.8 Å². The number of benzene rings is 1. The number of fused-ring (bicyclic) bond motifs is 1. The van der Waals surface area contributed by atoms with E-state index in [-0.39, 0.29) is 23.5 Å². The van der Waals surface area contributed by atoms with Crippen molar-refractivity contribution < 1.29 is 14.3 Å². The summed E-state index contributed by atoms with van der Waals surface area (Å²) < 4.78 is 14.2. The molecule has 1 atom stereocenters. The number of pyridine rings is 2. The molecular formula is C23H19BrCl2N6O3. The van der Waals surface area contributed by atoms with Crippen LogP contribution in [0.25, 0.3) is 11.2 Å². The number of anilines is 3. The van der Waals surface area contributed by atoms with Crippen molar-refractivity contribution >= 4 is 73.5 Å². The third kappa shape index (κ3) is 5.06. The van der Waals surface area contributed by atoms with E-state index in [0.29, 0.717) is 58.2 Å². The second-order valence-electron chi connectivity index (χ2n) is 7.85. The van der Waals surface area contributed by atoms with E-state index in [1.807, 2.05) is 12.1 Å². The molecule has 180 valence electrons. The molecule has 3 aromatic heterocycles. The van der Waals surface area contributed by atoms with Crippen LogP contribution < -0.4 is 15.4 Å². The molecule has 1 aliphatic rings. The smallest absolute Gasteiger partial charge is 0.261 e. The fourth-order valence-corrected chi connectivity index (χ4v) is 4.32. The zero-order valence-corrected chi connectivity index (χ0v) is 21.5. The van der Waals surface area contributed by atoms with Crippen molar-refractivity contribution in [2.24, 2.45) is 7.05 Å². The Morgan fingerprint density at radius 2 is 1.94 bits per heavy atom. The number of nitrogens with one attached hydrogen (secondary N) is 2. The minimum absolute atomic E-state index is 0.195. The van der Waals surface area contributed by atoms with Crippen LogP contribution in [0.5, 0.6) is 5.88 Å². The van der Waals surface area contributed by atoms with Crippen LogP contribution in [0.1, 0.15) is 16.8 Å². The van der Waals surface area contributed by atoms with E-state index in [4.69, 9.17) is 32.7 Å². The highest BCUT2D eigenvalue weighted by molar-refractivity contribution is 9.10. The van der Waals surface area contributed by atoms with E-state index in [2.05, 4.69) is 41.5 Å². The quantitative estimate of drug-likeness (QED) is 0.307. The van der Waals surface area contributed by atoms with Crippen LogP contribution in [0.3, 0.4) is 0 Å². The number of nitrogens with zero attached hydrogens (tertiary/aromatic N) is 4. The number of rotatable bonds is 6. The van der Waals surface area contributed by atoms with E-state index >= 15 is 0 Å². The Morgan fingerprint density at radius 1 is 1.20 bits per heavy atom. The standard InChI is InChI=1S/C23H19BrCl2N6O3/c1-32-20-18(29-23(32)30-19-16(25)9-27-10-17(19)26)8-15(22(31-20)35-14-6-7-34-11-14)21(33)28-13-4-2-12(24)3-5-13/h2-5,8-10,14H,6-7,11H2,1H3,(H,28,33)(H,27,29,30). The summed E-state index contributed by atoms with van der Waals surface area (Å²) in [6, 6.07) is 8.93. The number of amides is 1. The molecular weight excluding hydrogens is 559 g/mol. The van der Waals surface area contributed by atoms with Crippen LogP contribution in [0, 0.1) is 0 Å². The first-order chi connectivity index (χ1) is 16.9. The maximum atomic E-state index is 13.2. The third-order valence-corrected chi connectivity index (χ3v) is 6.51. The number of imidazole rings is 1. The first-order valence-electron chi connectivity index (χ1n) is 10.6. The highest BCUT2D eigenvalue weighted by atomic mass is 79.9. The van der Waals surface area contributed by atoms with Gasteiger partial charge in [-0.1, -0.05) is 39.1 Å². The van der Waals surface area contributed by atoms with E-state index < -0.39 is 0 Å². The molecule has 0 radical (unpaired) electrons. The average molecular weight is 578 g/mol. The minimum atomic E-state index is -0.365. The molecule has 0 aliphatic carbocycles. The lowest BCUT2D eigenvalue weighted by molar-refractivity contribution is 0.101. The van der Waals surface area contributed by atoms with Crippen molar-refractivity contribution in [1.29, 1.82) is 0 Å². The van der Waals surface area contributed by atoms with Crippen molar-refractivity contribution in [2.45, 2.75) is 12.5 Å². The van der Waals surface area contributed by atoms with Gasteiger partial charge in [0.15, 0.2) is 5.65 Å². The van der Waals surface area contributed by atoms with Gasteiger partial charge in [-0.05, 0) is 30.3 Å². The SMILES string of the molecule is Cn1c(Nc2c(Cl)cncc2Cl)nc2cc(C(=O)Nc3ccc(Br)cc3)c(OC3CCOC3)nc21. The number of hydrogen-bond donors (Lipinski definition) is 2. The normalized spacial score (nSPS) is 15.4. The average Bonchev–Trinajstić information content (AvgIpc) is 3.45. The molecule has 1 amide bonds. The summed E-state index contributed by atoms with van der Waals surface area (Å²) in [5.74, 6) is 0.274. The number of aryl methyl sites for hydroxylation is 1. The maximum Gasteiger partial charge on any atom is 0.261 e. The van der Waals surface area contributed by atoms with Gasteiger partial charge in [0.25, 0.3) is 5.91 Å². The lowest BCUT2D eigenvalue weighted by Crippen LogP contribution is -2.21. The molecule has 1 saturated heterocycles. The lowest BCUT2D eigenvalue weighted by atomic mass is 10.2. The summed E-state index contributed by atoms with van der Waals surface area (Å²) in [6.45, 7) is 1.03. The van der Waals surface area contributed by atoms with Crippen molar-refractivity contribution in [2.75, 3.05) is 23.8 Å². The third-order valence-electron chi connectivity index (χ3n) is 5.41. The largest absolute Gasteiger partial charge is 0.471 e. The molecule has 5 rings (SSSR count). The van der Waals surface area contributed by atoms with Crippen LogP contribution >= 0.6 is 39.1 Å². The van der Waals surface area contributed by atoms with Crippen LogP contribution in [-0.2, 0) is 11.8 Å². The van der Waals surface area contributed by atoms with Gasteiger partial charge in [0, 0.05) is 36.0 Å². The summed E-state index contributed by atoms with van der Waals surface area (Å²) in [5.41, 5.74) is 2.38. The van der Waals surface area contributed by atoms with Gasteiger partial charge in [-0.3, -0.25) is 14.3 Å². The molecule has 9 nitrogen and oxygen atoms in total. The number of carbonyl (C=O) groups is 1. The second-order valence-corrected chi connectivity index (χ2v) is 9.58. The molecule has 4 aromatic rings. The van der Waals surface area contributed by atoms with Gasteiger partial charge in [0.05, 0.1) is 28.9 Å². The lowest BCUT2D eigenvalue weighted by Gasteiger charge is -2.15. The topological polar surface area (TPSA) is 103 Å². The minimum Gasteiger partial charge on any atom is -0.471 e. The number of hydrogen-bond acceptors (Lipinski definition) is 7. The van der Waals surface area contributed by atoms with Crippen molar-refractivity contribution in [3.63, 3.8) is 0 Å². The van der Waals surface area contributed by atoms with E-state index in [1.165, 1.54) is 12.4 Å². The van der Waals surface area contributed by atoms with Gasteiger partial charge in [0.1, 0.15) is 17.2 Å². The van der Waals surface area contributed by atoms with E-state index in [0.717, 1.165) is 4.47 Å². The van der Waals surface area contributed by atoms with Gasteiger partial charge in [-0.2, -0.15) is 4.98 Å². The Morgan fingerprint density at radius 3 is 2.63 bits per heavy atom. The van der Waals surface area contributed by atoms with Crippen LogP contribution in [0.2, 0.25) is 10.0 Å². The van der Waals surface area contributed by atoms with E-state index in [1.54, 1.807) is 29.8 Å². The monoisotopic (exact) mass is 576 g/mol. The Kier molecular flexibility index (Phi) is 6.79. The zero-order chi connectivity index (χ0) is 24.5. The first-order valence-corrected chi connectivity index (χ1v) is 12.2. The Hall–Kier alpha value is -2.92. The van der Waals surface area contributed by atoms with Gasteiger partial charge in [-0.25, -0.2) is 4.98 Å². The molecule has 1 fully saturated rings. The summed E-state index contributed by atoms with van der Waals surface area (Å²) in [4.78, 5) is 26.5. The van der Waals surface area contributed by atoms with Crippen LogP contribution in [-0.4, -0.2) is 44.7 Å². The number of ether oxygens (including phenoxy) is 2. The van der Waals surface area contributed by atoms with Crippen molar-refractivity contribution in [1.82, 2.24) is 19.5 Å². The summed E-state index contributed by atoms with van der Waals surface area (Å²) in [7, 11) is 1.79. The maximum absolute atomic E-state index is 13.2. The highest BCUT2D eigenvalue weighted by Gasteiger charge is 2.25. The Balaban J connectivity index is 1.54. The molecule has 0 bridgehead atoms. The molecule has 0 saturated carbocycles. The first kappa shape index (κ1) is 23.8. The predicted octanol–water partition coefficient (Wildman–Crippen LogP) is 5.60. The zero-order valence-electron chi connectivity index (χ0n) is 18.4. The molecule has 12 heteroatoms. The molecule has 35 heavy (non-hydrogen) atoms. The Labute approximate surface area is 218 Å². The van der Waals surface area contributed by atoms with Gasteiger partial charge < -0.3 is 20.1 Å². The van der Waals surface area contributed by atoms with Crippen molar-refractivity contribution in [3.05, 3.63) is 62.8 Å². The van der Waals surface area contributed by atoms with Crippen LogP contribution in [0.4, 0.5) is 17.3 Å². The number of halogens is 3. The molecule has 1 aliphatic heterocycles. The number of carbonyl (C=O) groups excluding carboxylic acids is 1. The molecule has 2 N–H and O–H groups in total. The summed E-state index contributed by atoms with van der Waals surface area (Å²) >= 11 is 15.9. The van der Waals surface area contributed by atoms with Crippen molar-refractivity contribution in [3.8, 4) is 5.88 Å².